The predicted octanol–water partition coefficient (Wildman–Crippen LogP) is 2.30. The van der Waals surface area contributed by atoms with Gasteiger partial charge >= 0.3 is 0 Å². The fraction of sp³-hybridized carbons (Fsp3) is 0.400. The fourth-order valence-corrected chi connectivity index (χ4v) is 2.06. The number of aromatic hydroxyl groups is 1. The van der Waals surface area contributed by atoms with Gasteiger partial charge < -0.3 is 10.8 Å². The molecule has 1 aromatic carbocycles. The molecule has 0 bridgehead atoms. The molecule has 70 valence electrons. The van der Waals surface area contributed by atoms with Crippen LogP contribution in [0.15, 0.2) is 12.1 Å². The molecule has 3 N–H and O–H groups in total. The van der Waals surface area contributed by atoms with Crippen molar-refractivity contribution in [2.24, 2.45) is 5.73 Å². The van der Waals surface area contributed by atoms with Gasteiger partial charge in [-0.2, -0.15) is 0 Å². The van der Waals surface area contributed by atoms with E-state index in [1.54, 1.807) is 6.07 Å². The van der Waals surface area contributed by atoms with Crippen molar-refractivity contribution in [3.63, 3.8) is 0 Å². The monoisotopic (exact) mass is 197 g/mol. The molecule has 1 fully saturated rings. The molecule has 0 aromatic heterocycles. The molecule has 0 radical (unpaired) electrons. The van der Waals surface area contributed by atoms with E-state index in [9.17, 15) is 5.11 Å². The van der Waals surface area contributed by atoms with E-state index in [1.165, 1.54) is 0 Å². The number of hydrogen-bond acceptors (Lipinski definition) is 2. The molecule has 3 heteroatoms. The standard InChI is InChI=1S/C10H12ClNO/c1-6-4-7(11)9(8(13)5-6)10(12)2-3-10/h4-5,13H,2-3,12H2,1H3. The van der Waals surface area contributed by atoms with Gasteiger partial charge in [0.1, 0.15) is 5.75 Å². The molecule has 0 spiro atoms. The molecule has 0 heterocycles. The molecule has 0 unspecified atom stereocenters. The van der Waals surface area contributed by atoms with Gasteiger partial charge in [0.2, 0.25) is 0 Å². The van der Waals surface area contributed by atoms with Crippen LogP contribution < -0.4 is 5.73 Å². The van der Waals surface area contributed by atoms with Crippen molar-refractivity contribution in [2.75, 3.05) is 0 Å². The average molecular weight is 198 g/mol. The van der Waals surface area contributed by atoms with Crippen LogP contribution in [0.4, 0.5) is 0 Å². The maximum Gasteiger partial charge on any atom is 0.122 e. The second-order valence-corrected chi connectivity index (χ2v) is 4.20. The summed E-state index contributed by atoms with van der Waals surface area (Å²) in [4.78, 5) is 0. The van der Waals surface area contributed by atoms with E-state index in [0.29, 0.717) is 10.6 Å². The molecule has 0 saturated heterocycles. The smallest absolute Gasteiger partial charge is 0.122 e. The quantitative estimate of drug-likeness (QED) is 0.726. The van der Waals surface area contributed by atoms with Crippen molar-refractivity contribution < 1.29 is 5.11 Å². The number of nitrogens with two attached hydrogens (primary N) is 1. The van der Waals surface area contributed by atoms with Crippen LogP contribution in [0.3, 0.4) is 0 Å². The van der Waals surface area contributed by atoms with Gasteiger partial charge in [0.05, 0.1) is 0 Å². The van der Waals surface area contributed by atoms with E-state index in [2.05, 4.69) is 0 Å². The summed E-state index contributed by atoms with van der Waals surface area (Å²) in [6, 6.07) is 3.54. The number of benzene rings is 1. The van der Waals surface area contributed by atoms with E-state index in [0.717, 1.165) is 18.4 Å². The minimum atomic E-state index is -0.366. The Morgan fingerprint density at radius 3 is 2.54 bits per heavy atom. The second kappa shape index (κ2) is 2.63. The summed E-state index contributed by atoms with van der Waals surface area (Å²) in [7, 11) is 0. The van der Waals surface area contributed by atoms with Crippen LogP contribution in [-0.2, 0) is 5.54 Å². The molecular weight excluding hydrogens is 186 g/mol. The summed E-state index contributed by atoms with van der Waals surface area (Å²) in [6.45, 7) is 1.89. The zero-order valence-corrected chi connectivity index (χ0v) is 8.23. The summed E-state index contributed by atoms with van der Waals surface area (Å²) >= 11 is 6.02. The number of hydrogen-bond donors (Lipinski definition) is 2. The highest BCUT2D eigenvalue weighted by Gasteiger charge is 2.43. The van der Waals surface area contributed by atoms with Gasteiger partial charge in [0.25, 0.3) is 0 Å². The van der Waals surface area contributed by atoms with Crippen LogP contribution in [0, 0.1) is 6.92 Å². The Balaban J connectivity index is 2.57. The van der Waals surface area contributed by atoms with Gasteiger partial charge in [0.15, 0.2) is 0 Å². The van der Waals surface area contributed by atoms with Crippen LogP contribution >= 0.6 is 11.6 Å². The molecule has 0 aliphatic heterocycles. The van der Waals surface area contributed by atoms with Crippen LogP contribution in [-0.4, -0.2) is 5.11 Å². The van der Waals surface area contributed by atoms with E-state index < -0.39 is 0 Å². The molecule has 2 rings (SSSR count). The highest BCUT2D eigenvalue weighted by molar-refractivity contribution is 6.31. The van der Waals surface area contributed by atoms with E-state index >= 15 is 0 Å². The van der Waals surface area contributed by atoms with Gasteiger partial charge in [-0.3, -0.25) is 0 Å². The molecule has 0 amide bonds. The maximum atomic E-state index is 9.68. The molecule has 13 heavy (non-hydrogen) atoms. The predicted molar refractivity (Wildman–Crippen MR) is 53.0 cm³/mol. The number of halogens is 1. The summed E-state index contributed by atoms with van der Waals surface area (Å²) < 4.78 is 0. The minimum absolute atomic E-state index is 0.227. The summed E-state index contributed by atoms with van der Waals surface area (Å²) in [5, 5.41) is 10.3. The van der Waals surface area contributed by atoms with Gasteiger partial charge in [0, 0.05) is 16.1 Å². The van der Waals surface area contributed by atoms with E-state index in [4.69, 9.17) is 17.3 Å². The molecule has 1 saturated carbocycles. The number of phenols is 1. The van der Waals surface area contributed by atoms with Crippen molar-refractivity contribution in [1.82, 2.24) is 0 Å². The van der Waals surface area contributed by atoms with Gasteiger partial charge in [-0.15, -0.1) is 0 Å². The third-order valence-corrected chi connectivity index (χ3v) is 2.80. The Kier molecular flexibility index (Phi) is 1.79. The van der Waals surface area contributed by atoms with Crippen LogP contribution in [0.1, 0.15) is 24.0 Å². The Bertz CT molecular complexity index is 335. The van der Waals surface area contributed by atoms with Crippen molar-refractivity contribution >= 4 is 11.6 Å². The van der Waals surface area contributed by atoms with Crippen molar-refractivity contribution in [3.05, 3.63) is 28.3 Å². The molecule has 1 aromatic rings. The highest BCUT2D eigenvalue weighted by atomic mass is 35.5. The zero-order valence-electron chi connectivity index (χ0n) is 7.47. The average Bonchev–Trinajstić information content (AvgIpc) is 2.65. The van der Waals surface area contributed by atoms with E-state index in [1.807, 2.05) is 13.0 Å². The molecule has 0 atom stereocenters. The van der Waals surface area contributed by atoms with Crippen molar-refractivity contribution in [3.8, 4) is 5.75 Å². The lowest BCUT2D eigenvalue weighted by Gasteiger charge is -2.14. The zero-order chi connectivity index (χ0) is 9.64. The molecular formula is C10H12ClNO. The molecule has 2 nitrogen and oxygen atoms in total. The first-order chi connectivity index (χ1) is 6.03. The normalized spacial score (nSPS) is 18.7. The van der Waals surface area contributed by atoms with E-state index in [-0.39, 0.29) is 11.3 Å². The first kappa shape index (κ1) is 8.85. The Hall–Kier alpha value is -0.730. The third-order valence-electron chi connectivity index (χ3n) is 2.50. The lowest BCUT2D eigenvalue weighted by molar-refractivity contribution is 0.459. The highest BCUT2D eigenvalue weighted by Crippen LogP contribution is 2.49. The number of aryl methyl sites for hydroxylation is 1. The first-order valence-corrected chi connectivity index (χ1v) is 4.69. The van der Waals surface area contributed by atoms with Gasteiger partial charge in [-0.25, -0.2) is 0 Å². The van der Waals surface area contributed by atoms with Crippen LogP contribution in [0.2, 0.25) is 5.02 Å². The number of rotatable bonds is 1. The largest absolute Gasteiger partial charge is 0.508 e. The van der Waals surface area contributed by atoms with Gasteiger partial charge in [-0.05, 0) is 37.5 Å². The molecule has 1 aliphatic carbocycles. The topological polar surface area (TPSA) is 46.2 Å². The minimum Gasteiger partial charge on any atom is -0.508 e. The van der Waals surface area contributed by atoms with Crippen LogP contribution in [0.5, 0.6) is 5.75 Å². The number of phenolic OH excluding ortho intramolecular Hbond substituents is 1. The molecule has 1 aliphatic rings. The summed E-state index contributed by atoms with van der Waals surface area (Å²) in [6.07, 6.45) is 1.81. The summed E-state index contributed by atoms with van der Waals surface area (Å²) in [5.74, 6) is 0.227. The lowest BCUT2D eigenvalue weighted by Crippen LogP contribution is -2.19. The second-order valence-electron chi connectivity index (χ2n) is 3.80. The first-order valence-electron chi connectivity index (χ1n) is 4.31. The summed E-state index contributed by atoms with van der Waals surface area (Å²) in [5.41, 5.74) is 7.27. The lowest BCUT2D eigenvalue weighted by atomic mass is 10.0. The fourth-order valence-electron chi connectivity index (χ4n) is 1.60. The van der Waals surface area contributed by atoms with Crippen molar-refractivity contribution in [2.45, 2.75) is 25.3 Å². The third kappa shape index (κ3) is 1.40. The Morgan fingerprint density at radius 1 is 1.46 bits per heavy atom. The van der Waals surface area contributed by atoms with Crippen LogP contribution in [0.25, 0.3) is 0 Å². The Morgan fingerprint density at radius 2 is 2.08 bits per heavy atom. The maximum absolute atomic E-state index is 9.68. The van der Waals surface area contributed by atoms with Crippen molar-refractivity contribution in [1.29, 1.82) is 0 Å². The SMILES string of the molecule is Cc1cc(O)c(C2(N)CC2)c(Cl)c1. The Labute approximate surface area is 82.3 Å². The van der Waals surface area contributed by atoms with Gasteiger partial charge in [-0.1, -0.05) is 11.6 Å².